The molecule has 2 aromatic carbocycles. The van der Waals surface area contributed by atoms with Gasteiger partial charge in [-0.2, -0.15) is 4.68 Å². The number of aromatic nitrogens is 4. The van der Waals surface area contributed by atoms with Crippen LogP contribution in [0.25, 0.3) is 5.69 Å². The maximum absolute atomic E-state index is 12.6. The second-order valence-corrected chi connectivity index (χ2v) is 9.19. The van der Waals surface area contributed by atoms with Gasteiger partial charge in [0.25, 0.3) is 5.91 Å². The highest BCUT2D eigenvalue weighted by Gasteiger charge is 2.37. The van der Waals surface area contributed by atoms with E-state index in [9.17, 15) is 4.79 Å². The fourth-order valence-electron chi connectivity index (χ4n) is 5.18. The van der Waals surface area contributed by atoms with Gasteiger partial charge in [0.15, 0.2) is 17.3 Å². The summed E-state index contributed by atoms with van der Waals surface area (Å²) >= 11 is 0. The van der Waals surface area contributed by atoms with Crippen LogP contribution in [0.2, 0.25) is 0 Å². The lowest BCUT2D eigenvalue weighted by Gasteiger charge is -2.34. The summed E-state index contributed by atoms with van der Waals surface area (Å²) in [4.78, 5) is 14.8. The Bertz CT molecular complexity index is 1270. The van der Waals surface area contributed by atoms with Crippen LogP contribution in [-0.2, 0) is 11.2 Å². The average molecular weight is 493 g/mol. The van der Waals surface area contributed by atoms with Crippen molar-refractivity contribution in [1.82, 2.24) is 30.4 Å². The van der Waals surface area contributed by atoms with Crippen molar-refractivity contribution < 1.29 is 23.7 Å². The first-order valence-corrected chi connectivity index (χ1v) is 12.1. The number of benzene rings is 2. The molecule has 0 spiro atoms. The monoisotopic (exact) mass is 492 g/mol. The van der Waals surface area contributed by atoms with E-state index in [2.05, 4.69) is 25.7 Å². The summed E-state index contributed by atoms with van der Waals surface area (Å²) in [5.74, 6) is 2.46. The van der Waals surface area contributed by atoms with Gasteiger partial charge in [-0.3, -0.25) is 9.69 Å². The van der Waals surface area contributed by atoms with E-state index in [0.717, 1.165) is 49.2 Å². The van der Waals surface area contributed by atoms with Crippen LogP contribution < -0.4 is 19.5 Å². The van der Waals surface area contributed by atoms with E-state index >= 15 is 0 Å². The second kappa shape index (κ2) is 9.40. The number of nitrogens with one attached hydrogen (secondary N) is 1. The molecule has 1 fully saturated rings. The van der Waals surface area contributed by atoms with Crippen molar-refractivity contribution in [1.29, 1.82) is 0 Å². The lowest BCUT2D eigenvalue weighted by molar-refractivity contribution is 0.0858. The summed E-state index contributed by atoms with van der Waals surface area (Å²) < 4.78 is 24.5. The third kappa shape index (κ3) is 3.94. The number of tetrazole rings is 1. The van der Waals surface area contributed by atoms with E-state index in [1.165, 1.54) is 0 Å². The van der Waals surface area contributed by atoms with Crippen molar-refractivity contribution >= 4 is 5.91 Å². The third-order valence-electron chi connectivity index (χ3n) is 7.02. The fourth-order valence-corrected chi connectivity index (χ4v) is 5.18. The SMILES string of the molecule is COc1c2c(cc3c1C(c1nnnn1-c1ccc(C(=O)NCC4CCCO4)cc1)N(C)CC3)OCO2. The van der Waals surface area contributed by atoms with Crippen LogP contribution in [0.4, 0.5) is 0 Å². The van der Waals surface area contributed by atoms with Crippen LogP contribution in [-0.4, -0.2) is 77.8 Å². The Kier molecular flexibility index (Phi) is 5.94. The molecular weight excluding hydrogens is 464 g/mol. The summed E-state index contributed by atoms with van der Waals surface area (Å²) in [7, 11) is 3.67. The van der Waals surface area contributed by atoms with Crippen molar-refractivity contribution in [3.8, 4) is 22.9 Å². The molecule has 6 rings (SSSR count). The zero-order valence-electron chi connectivity index (χ0n) is 20.3. The van der Waals surface area contributed by atoms with Gasteiger partial charge in [-0.25, -0.2) is 0 Å². The predicted octanol–water partition coefficient (Wildman–Crippen LogP) is 1.89. The van der Waals surface area contributed by atoms with E-state index in [4.69, 9.17) is 18.9 Å². The molecule has 1 saturated heterocycles. The number of likely N-dealkylation sites (N-methyl/N-ethyl adjacent to an activating group) is 1. The molecule has 2 atom stereocenters. The predicted molar refractivity (Wildman–Crippen MR) is 128 cm³/mol. The molecule has 3 aliphatic heterocycles. The van der Waals surface area contributed by atoms with Crippen molar-refractivity contribution in [3.63, 3.8) is 0 Å². The lowest BCUT2D eigenvalue weighted by Crippen LogP contribution is -2.35. The smallest absolute Gasteiger partial charge is 0.251 e. The quantitative estimate of drug-likeness (QED) is 0.551. The molecule has 11 heteroatoms. The van der Waals surface area contributed by atoms with Gasteiger partial charge < -0.3 is 24.3 Å². The molecule has 1 N–H and O–H groups in total. The van der Waals surface area contributed by atoms with Crippen LogP contribution in [0.5, 0.6) is 17.2 Å². The molecule has 0 aliphatic carbocycles. The molecule has 0 bridgehead atoms. The van der Waals surface area contributed by atoms with Gasteiger partial charge in [-0.1, -0.05) is 0 Å². The van der Waals surface area contributed by atoms with Gasteiger partial charge in [0, 0.05) is 30.8 Å². The first kappa shape index (κ1) is 22.7. The molecule has 0 radical (unpaired) electrons. The van der Waals surface area contributed by atoms with E-state index in [0.29, 0.717) is 35.2 Å². The molecule has 3 aliphatic rings. The van der Waals surface area contributed by atoms with E-state index in [-0.39, 0.29) is 24.8 Å². The normalized spacial score (nSPS) is 20.8. The summed E-state index contributed by atoms with van der Waals surface area (Å²) in [6, 6.07) is 9.02. The van der Waals surface area contributed by atoms with Crippen molar-refractivity contribution in [2.45, 2.75) is 31.4 Å². The van der Waals surface area contributed by atoms with Crippen molar-refractivity contribution in [2.24, 2.45) is 0 Å². The number of methoxy groups -OCH3 is 1. The Hall–Kier alpha value is -3.70. The Balaban J connectivity index is 1.30. The molecule has 3 aromatic rings. The summed E-state index contributed by atoms with van der Waals surface area (Å²) in [6.45, 7) is 2.27. The Morgan fingerprint density at radius 1 is 1.25 bits per heavy atom. The molecule has 2 unspecified atom stereocenters. The first-order valence-electron chi connectivity index (χ1n) is 12.1. The number of fused-ring (bicyclic) bond motifs is 2. The van der Waals surface area contributed by atoms with Crippen LogP contribution in [0.1, 0.15) is 46.2 Å². The largest absolute Gasteiger partial charge is 0.492 e. The number of nitrogens with zero attached hydrogens (tertiary/aromatic N) is 5. The highest BCUT2D eigenvalue weighted by molar-refractivity contribution is 5.94. The molecule has 0 saturated carbocycles. The van der Waals surface area contributed by atoms with Gasteiger partial charge in [-0.15, -0.1) is 5.10 Å². The molecule has 11 nitrogen and oxygen atoms in total. The number of rotatable bonds is 6. The Morgan fingerprint density at radius 2 is 2.11 bits per heavy atom. The maximum Gasteiger partial charge on any atom is 0.251 e. The third-order valence-corrected chi connectivity index (χ3v) is 7.02. The number of hydrogen-bond donors (Lipinski definition) is 1. The number of hydrogen-bond acceptors (Lipinski definition) is 9. The van der Waals surface area contributed by atoms with Crippen molar-refractivity contribution in [3.05, 3.63) is 52.8 Å². The average Bonchev–Trinajstić information content (AvgIpc) is 3.68. The highest BCUT2D eigenvalue weighted by Crippen LogP contribution is 2.50. The zero-order chi connectivity index (χ0) is 24.6. The maximum atomic E-state index is 12.6. The molecule has 1 amide bonds. The molecule has 36 heavy (non-hydrogen) atoms. The van der Waals surface area contributed by atoms with E-state index in [1.54, 1.807) is 23.9 Å². The standard InChI is InChI=1S/C25H28N6O5/c1-30-10-9-16-12-19-22(36-14-35-19)23(33-2)20(16)21(30)24-27-28-29-31(24)17-7-5-15(6-8-17)25(32)26-13-18-4-3-11-34-18/h5-8,12,18,21H,3-4,9-11,13-14H2,1-2H3,(H,26,32). The highest BCUT2D eigenvalue weighted by atomic mass is 16.7. The van der Waals surface area contributed by atoms with E-state index in [1.807, 2.05) is 25.2 Å². The summed E-state index contributed by atoms with van der Waals surface area (Å²) in [5.41, 5.74) is 3.41. The first-order chi connectivity index (χ1) is 17.6. The Morgan fingerprint density at radius 3 is 2.89 bits per heavy atom. The van der Waals surface area contributed by atoms with Crippen LogP contribution in [0.15, 0.2) is 30.3 Å². The molecule has 188 valence electrons. The van der Waals surface area contributed by atoms with E-state index < -0.39 is 0 Å². The molecule has 1 aromatic heterocycles. The number of carbonyl (C=O) groups is 1. The molecular formula is C25H28N6O5. The molecule has 4 heterocycles. The topological polar surface area (TPSA) is 113 Å². The van der Waals surface area contributed by atoms with Gasteiger partial charge in [0.05, 0.1) is 18.9 Å². The minimum atomic E-state index is -0.261. The fraction of sp³-hybridized carbons (Fsp3) is 0.440. The van der Waals surface area contributed by atoms with Gasteiger partial charge in [-0.05, 0) is 72.6 Å². The van der Waals surface area contributed by atoms with Crippen LogP contribution >= 0.6 is 0 Å². The minimum Gasteiger partial charge on any atom is -0.492 e. The lowest BCUT2D eigenvalue weighted by atomic mass is 9.90. The van der Waals surface area contributed by atoms with Gasteiger partial charge in [0.1, 0.15) is 6.04 Å². The van der Waals surface area contributed by atoms with Crippen LogP contribution in [0, 0.1) is 0 Å². The van der Waals surface area contributed by atoms with Gasteiger partial charge in [0.2, 0.25) is 12.5 Å². The summed E-state index contributed by atoms with van der Waals surface area (Å²) in [5, 5.41) is 15.6. The summed E-state index contributed by atoms with van der Waals surface area (Å²) in [6.07, 6.45) is 2.96. The second-order valence-electron chi connectivity index (χ2n) is 9.19. The number of ether oxygens (including phenoxy) is 4. The Labute approximate surface area is 208 Å². The number of amides is 1. The van der Waals surface area contributed by atoms with Crippen LogP contribution in [0.3, 0.4) is 0 Å². The van der Waals surface area contributed by atoms with Gasteiger partial charge >= 0.3 is 0 Å². The minimum absolute atomic E-state index is 0.0996. The van der Waals surface area contributed by atoms with Crippen molar-refractivity contribution in [2.75, 3.05) is 40.6 Å². The zero-order valence-corrected chi connectivity index (χ0v) is 20.3. The number of carbonyl (C=O) groups excluding carboxylic acids is 1.